The Morgan fingerprint density at radius 3 is 2.48 bits per heavy atom. The fourth-order valence-corrected chi connectivity index (χ4v) is 4.01. The molecule has 0 saturated carbocycles. The molecule has 1 aromatic rings. The first kappa shape index (κ1) is 16.5. The third-order valence-corrected chi connectivity index (χ3v) is 5.50. The summed E-state index contributed by atoms with van der Waals surface area (Å²) in [6.07, 6.45) is 4.36. The van der Waals surface area contributed by atoms with Gasteiger partial charge in [0.2, 0.25) is 0 Å². The Morgan fingerprint density at radius 2 is 1.87 bits per heavy atom. The maximum absolute atomic E-state index is 12.6. The maximum atomic E-state index is 12.6. The van der Waals surface area contributed by atoms with E-state index in [1.807, 2.05) is 32.3 Å². The molecule has 2 fully saturated rings. The monoisotopic (exact) mass is 347 g/mol. The zero-order chi connectivity index (χ0) is 16.4. The van der Waals surface area contributed by atoms with Crippen LogP contribution in [0.4, 0.5) is 5.69 Å². The van der Waals surface area contributed by atoms with E-state index in [2.05, 4.69) is 21.9 Å². The van der Waals surface area contributed by atoms with Crippen LogP contribution in [0.25, 0.3) is 6.08 Å². The number of anilines is 1. The average molecular weight is 348 g/mol. The second-order valence-electron chi connectivity index (χ2n) is 6.06. The van der Waals surface area contributed by atoms with E-state index in [0.29, 0.717) is 15.9 Å². The maximum Gasteiger partial charge on any atom is 0.267 e. The molecule has 2 aliphatic rings. The van der Waals surface area contributed by atoms with Crippen LogP contribution in [0.3, 0.4) is 0 Å². The van der Waals surface area contributed by atoms with Gasteiger partial charge in [0.15, 0.2) is 0 Å². The van der Waals surface area contributed by atoms with Crippen LogP contribution in [-0.2, 0) is 4.79 Å². The van der Waals surface area contributed by atoms with E-state index >= 15 is 0 Å². The van der Waals surface area contributed by atoms with Gasteiger partial charge in [-0.25, -0.2) is 0 Å². The summed E-state index contributed by atoms with van der Waals surface area (Å²) in [4.78, 5) is 19.4. The van der Waals surface area contributed by atoms with Crippen molar-refractivity contribution in [3.05, 3.63) is 34.7 Å². The van der Waals surface area contributed by atoms with Gasteiger partial charge in [-0.3, -0.25) is 14.6 Å². The summed E-state index contributed by atoms with van der Waals surface area (Å²) < 4.78 is 0.665. The van der Waals surface area contributed by atoms with E-state index in [4.69, 9.17) is 12.2 Å². The third-order valence-electron chi connectivity index (χ3n) is 4.12. The average Bonchev–Trinajstić information content (AvgIpc) is 3.12. The van der Waals surface area contributed by atoms with Crippen molar-refractivity contribution in [3.63, 3.8) is 0 Å². The van der Waals surface area contributed by atoms with Crippen LogP contribution in [0.5, 0.6) is 0 Å². The summed E-state index contributed by atoms with van der Waals surface area (Å²) in [6, 6.07) is 8.17. The lowest BCUT2D eigenvalue weighted by Crippen LogP contribution is -2.38. The Labute approximate surface area is 147 Å². The SMILES string of the molecule is CN(C)c1ccc(/C=C2\SC(=S)N(CN3CCCC3)C2=O)cc1. The molecule has 2 heterocycles. The van der Waals surface area contributed by atoms with E-state index in [1.165, 1.54) is 24.6 Å². The van der Waals surface area contributed by atoms with Crippen LogP contribution in [0.1, 0.15) is 18.4 Å². The topological polar surface area (TPSA) is 26.8 Å². The molecule has 0 aromatic heterocycles. The molecule has 3 rings (SSSR count). The Balaban J connectivity index is 1.72. The van der Waals surface area contributed by atoms with Gasteiger partial charge in [-0.1, -0.05) is 36.1 Å². The molecule has 6 heteroatoms. The zero-order valence-corrected chi connectivity index (χ0v) is 15.1. The quantitative estimate of drug-likeness (QED) is 0.616. The number of likely N-dealkylation sites (tertiary alicyclic amines) is 1. The Morgan fingerprint density at radius 1 is 1.22 bits per heavy atom. The van der Waals surface area contributed by atoms with E-state index in [9.17, 15) is 4.79 Å². The molecule has 1 aromatic carbocycles. The Bertz CT molecular complexity index is 634. The lowest BCUT2D eigenvalue weighted by molar-refractivity contribution is -0.123. The summed E-state index contributed by atoms with van der Waals surface area (Å²) in [5, 5.41) is 0. The summed E-state index contributed by atoms with van der Waals surface area (Å²) >= 11 is 6.80. The van der Waals surface area contributed by atoms with Gasteiger partial charge >= 0.3 is 0 Å². The number of thiocarbonyl (C=S) groups is 1. The summed E-state index contributed by atoms with van der Waals surface area (Å²) in [5.74, 6) is 0.0311. The van der Waals surface area contributed by atoms with Crippen LogP contribution >= 0.6 is 24.0 Å². The Kier molecular flexibility index (Phi) is 5.04. The zero-order valence-electron chi connectivity index (χ0n) is 13.5. The molecule has 0 aliphatic carbocycles. The number of hydrogen-bond donors (Lipinski definition) is 0. The van der Waals surface area contributed by atoms with Gasteiger partial charge in [0.05, 0.1) is 11.6 Å². The number of nitrogens with zero attached hydrogens (tertiary/aromatic N) is 3. The molecule has 0 unspecified atom stereocenters. The van der Waals surface area contributed by atoms with Gasteiger partial charge in [0.1, 0.15) is 4.32 Å². The van der Waals surface area contributed by atoms with Gasteiger partial charge in [-0.2, -0.15) is 0 Å². The predicted molar refractivity (Wildman–Crippen MR) is 101 cm³/mol. The molecule has 2 saturated heterocycles. The van der Waals surface area contributed by atoms with E-state index < -0.39 is 0 Å². The highest BCUT2D eigenvalue weighted by atomic mass is 32.2. The van der Waals surface area contributed by atoms with Gasteiger partial charge in [0, 0.05) is 19.8 Å². The smallest absolute Gasteiger partial charge is 0.267 e. The highest BCUT2D eigenvalue weighted by Gasteiger charge is 2.33. The molecule has 0 spiro atoms. The minimum absolute atomic E-state index is 0.0311. The first-order chi connectivity index (χ1) is 11.0. The first-order valence-electron chi connectivity index (χ1n) is 7.80. The second-order valence-corrected chi connectivity index (χ2v) is 7.74. The molecule has 0 N–H and O–H groups in total. The molecule has 23 heavy (non-hydrogen) atoms. The van der Waals surface area contributed by atoms with E-state index in [1.54, 1.807) is 4.90 Å². The fraction of sp³-hybridized carbons (Fsp3) is 0.412. The first-order valence-corrected chi connectivity index (χ1v) is 9.02. The number of carbonyl (C=O) groups excluding carboxylic acids is 1. The lowest BCUT2D eigenvalue weighted by atomic mass is 10.2. The van der Waals surface area contributed by atoms with Crippen LogP contribution in [0.2, 0.25) is 0 Å². The van der Waals surface area contributed by atoms with Gasteiger partial charge in [-0.05, 0) is 49.7 Å². The van der Waals surface area contributed by atoms with E-state index in [-0.39, 0.29) is 5.91 Å². The molecule has 4 nitrogen and oxygen atoms in total. The number of carbonyl (C=O) groups is 1. The second kappa shape index (κ2) is 7.03. The number of benzene rings is 1. The van der Waals surface area contributed by atoms with Crippen molar-refractivity contribution in [2.45, 2.75) is 12.8 Å². The van der Waals surface area contributed by atoms with Crippen LogP contribution in [0.15, 0.2) is 29.2 Å². The van der Waals surface area contributed by atoms with Gasteiger partial charge in [0.25, 0.3) is 5.91 Å². The van der Waals surface area contributed by atoms with Crippen LogP contribution in [0, 0.1) is 0 Å². The van der Waals surface area contributed by atoms with Crippen molar-refractivity contribution in [3.8, 4) is 0 Å². The van der Waals surface area contributed by atoms with Crippen molar-refractivity contribution >= 4 is 46.0 Å². The summed E-state index contributed by atoms with van der Waals surface area (Å²) in [5.41, 5.74) is 2.17. The summed E-state index contributed by atoms with van der Waals surface area (Å²) in [6.45, 7) is 2.74. The number of thioether (sulfide) groups is 1. The van der Waals surface area contributed by atoms with Crippen LogP contribution in [-0.4, -0.2) is 53.9 Å². The van der Waals surface area contributed by atoms with Crippen molar-refractivity contribution in [1.29, 1.82) is 0 Å². The largest absolute Gasteiger partial charge is 0.378 e. The highest BCUT2D eigenvalue weighted by Crippen LogP contribution is 2.33. The van der Waals surface area contributed by atoms with E-state index in [0.717, 1.165) is 24.3 Å². The standard InChI is InChI=1S/C17H21N3OS2/c1-18(2)14-7-5-13(6-8-14)11-15-16(21)20(17(22)23-15)12-19-9-3-4-10-19/h5-8,11H,3-4,9-10,12H2,1-2H3/b15-11-. The molecule has 0 radical (unpaired) electrons. The summed E-state index contributed by atoms with van der Waals surface area (Å²) in [7, 11) is 4.02. The predicted octanol–water partition coefficient (Wildman–Crippen LogP) is 3.01. The molecule has 0 bridgehead atoms. The molecular formula is C17H21N3OS2. The minimum atomic E-state index is 0.0311. The number of amides is 1. The van der Waals surface area contributed by atoms with Gasteiger partial charge < -0.3 is 4.90 Å². The van der Waals surface area contributed by atoms with Gasteiger partial charge in [-0.15, -0.1) is 0 Å². The fourth-order valence-electron chi connectivity index (χ4n) is 2.77. The molecular weight excluding hydrogens is 326 g/mol. The minimum Gasteiger partial charge on any atom is -0.378 e. The molecule has 0 atom stereocenters. The van der Waals surface area contributed by atoms with Crippen molar-refractivity contribution in [2.24, 2.45) is 0 Å². The number of rotatable bonds is 4. The van der Waals surface area contributed by atoms with Crippen molar-refractivity contribution in [1.82, 2.24) is 9.80 Å². The lowest BCUT2D eigenvalue weighted by Gasteiger charge is -2.22. The highest BCUT2D eigenvalue weighted by molar-refractivity contribution is 8.26. The third kappa shape index (κ3) is 3.76. The Hall–Kier alpha value is -1.37. The molecule has 2 aliphatic heterocycles. The molecule has 1 amide bonds. The van der Waals surface area contributed by atoms with Crippen molar-refractivity contribution in [2.75, 3.05) is 38.8 Å². The normalized spacial score (nSPS) is 20.8. The van der Waals surface area contributed by atoms with Crippen molar-refractivity contribution < 1.29 is 4.79 Å². The van der Waals surface area contributed by atoms with Crippen LogP contribution < -0.4 is 4.90 Å². The molecule has 122 valence electrons. The number of hydrogen-bond acceptors (Lipinski definition) is 5.